The summed E-state index contributed by atoms with van der Waals surface area (Å²) in [7, 11) is 0. The fourth-order valence-electron chi connectivity index (χ4n) is 2.72. The fourth-order valence-corrected chi connectivity index (χ4v) is 2.72. The molecule has 0 bridgehead atoms. The minimum absolute atomic E-state index is 0.611. The third kappa shape index (κ3) is 2.28. The molecule has 17 heavy (non-hydrogen) atoms. The van der Waals surface area contributed by atoms with E-state index in [0.29, 0.717) is 6.42 Å². The standard InChI is InChI=1S/C13H19N3O/c14-12-3-5-15-8-10(12)7-13(17)4-6-16(9-13)11-1-2-11/h3,5,8,11,17H,1-2,4,6-7,9H2,(H2,14,15). The summed E-state index contributed by atoms with van der Waals surface area (Å²) in [4.78, 5) is 6.49. The SMILES string of the molecule is Nc1ccncc1CC1(O)CCN(C2CC2)C1. The maximum Gasteiger partial charge on any atom is 0.0827 e. The van der Waals surface area contributed by atoms with Gasteiger partial charge in [-0.1, -0.05) is 0 Å². The van der Waals surface area contributed by atoms with Crippen molar-refractivity contribution in [3.63, 3.8) is 0 Å². The number of anilines is 1. The zero-order valence-corrected chi connectivity index (χ0v) is 9.97. The van der Waals surface area contributed by atoms with Crippen LogP contribution in [-0.2, 0) is 6.42 Å². The highest BCUT2D eigenvalue weighted by Crippen LogP contribution is 2.35. The lowest BCUT2D eigenvalue weighted by molar-refractivity contribution is 0.0488. The van der Waals surface area contributed by atoms with E-state index in [0.717, 1.165) is 36.8 Å². The van der Waals surface area contributed by atoms with Crippen LogP contribution in [-0.4, -0.2) is 39.7 Å². The average molecular weight is 233 g/mol. The van der Waals surface area contributed by atoms with Crippen molar-refractivity contribution in [2.45, 2.75) is 37.3 Å². The molecule has 0 spiro atoms. The van der Waals surface area contributed by atoms with E-state index in [-0.39, 0.29) is 0 Å². The molecule has 2 heterocycles. The van der Waals surface area contributed by atoms with Crippen LogP contribution in [0.2, 0.25) is 0 Å². The van der Waals surface area contributed by atoms with Gasteiger partial charge < -0.3 is 10.8 Å². The van der Waals surface area contributed by atoms with Gasteiger partial charge in [0.15, 0.2) is 0 Å². The van der Waals surface area contributed by atoms with E-state index in [4.69, 9.17) is 5.73 Å². The Morgan fingerprint density at radius 3 is 3.06 bits per heavy atom. The molecule has 92 valence electrons. The molecule has 1 saturated heterocycles. The van der Waals surface area contributed by atoms with E-state index in [2.05, 4.69) is 9.88 Å². The minimum Gasteiger partial charge on any atom is -0.398 e. The first-order valence-corrected chi connectivity index (χ1v) is 6.31. The molecule has 0 amide bonds. The molecule has 2 fully saturated rings. The molecule has 0 aromatic carbocycles. The summed E-state index contributed by atoms with van der Waals surface area (Å²) < 4.78 is 0. The number of pyridine rings is 1. The summed E-state index contributed by atoms with van der Waals surface area (Å²) in [6.07, 6.45) is 7.52. The van der Waals surface area contributed by atoms with Gasteiger partial charge in [0.2, 0.25) is 0 Å². The number of aromatic nitrogens is 1. The number of aliphatic hydroxyl groups is 1. The van der Waals surface area contributed by atoms with E-state index in [1.54, 1.807) is 18.5 Å². The van der Waals surface area contributed by atoms with Gasteiger partial charge in [-0.2, -0.15) is 0 Å². The largest absolute Gasteiger partial charge is 0.398 e. The summed E-state index contributed by atoms with van der Waals surface area (Å²) in [5, 5.41) is 10.6. The van der Waals surface area contributed by atoms with Crippen molar-refractivity contribution in [2.24, 2.45) is 0 Å². The van der Waals surface area contributed by atoms with Crippen LogP contribution >= 0.6 is 0 Å². The van der Waals surface area contributed by atoms with Gasteiger partial charge >= 0.3 is 0 Å². The number of nitrogens with two attached hydrogens (primary N) is 1. The number of nitrogens with zero attached hydrogens (tertiary/aromatic N) is 2. The maximum absolute atomic E-state index is 10.6. The highest BCUT2D eigenvalue weighted by molar-refractivity contribution is 5.45. The zero-order chi connectivity index (χ0) is 11.9. The van der Waals surface area contributed by atoms with Crippen molar-refractivity contribution >= 4 is 5.69 Å². The van der Waals surface area contributed by atoms with Gasteiger partial charge in [-0.05, 0) is 30.9 Å². The average Bonchev–Trinajstić information content (AvgIpc) is 3.07. The van der Waals surface area contributed by atoms with E-state index < -0.39 is 5.60 Å². The molecule has 2 aliphatic rings. The Hall–Kier alpha value is -1.13. The molecule has 1 aromatic heterocycles. The molecular formula is C13H19N3O. The smallest absolute Gasteiger partial charge is 0.0827 e. The lowest BCUT2D eigenvalue weighted by Crippen LogP contribution is -2.36. The van der Waals surface area contributed by atoms with Crippen LogP contribution in [0.4, 0.5) is 5.69 Å². The Labute approximate surface area is 101 Å². The molecular weight excluding hydrogens is 214 g/mol. The van der Waals surface area contributed by atoms with Gasteiger partial charge in [-0.25, -0.2) is 0 Å². The van der Waals surface area contributed by atoms with Crippen LogP contribution in [0.15, 0.2) is 18.5 Å². The van der Waals surface area contributed by atoms with E-state index in [9.17, 15) is 5.11 Å². The topological polar surface area (TPSA) is 62.4 Å². The molecule has 1 aliphatic carbocycles. The predicted molar refractivity (Wildman–Crippen MR) is 66.5 cm³/mol. The van der Waals surface area contributed by atoms with Crippen molar-refractivity contribution in [1.29, 1.82) is 0 Å². The van der Waals surface area contributed by atoms with Crippen molar-refractivity contribution in [1.82, 2.24) is 9.88 Å². The first-order valence-electron chi connectivity index (χ1n) is 6.31. The van der Waals surface area contributed by atoms with Crippen LogP contribution in [0.1, 0.15) is 24.8 Å². The number of likely N-dealkylation sites (tertiary alicyclic amines) is 1. The number of β-amino-alcohol motifs (C(OH)–C–C–N with tert-alkyl or cyclic N) is 1. The Morgan fingerprint density at radius 1 is 1.53 bits per heavy atom. The molecule has 4 heteroatoms. The Balaban J connectivity index is 1.70. The number of hydrogen-bond acceptors (Lipinski definition) is 4. The summed E-state index contributed by atoms with van der Waals surface area (Å²) in [5.74, 6) is 0. The summed E-state index contributed by atoms with van der Waals surface area (Å²) in [6, 6.07) is 2.53. The Kier molecular flexibility index (Phi) is 2.56. The molecule has 1 aliphatic heterocycles. The van der Waals surface area contributed by atoms with Gasteiger partial charge in [-0.3, -0.25) is 9.88 Å². The van der Waals surface area contributed by atoms with Crippen LogP contribution in [0.5, 0.6) is 0 Å². The van der Waals surface area contributed by atoms with E-state index >= 15 is 0 Å². The first-order chi connectivity index (χ1) is 8.16. The zero-order valence-electron chi connectivity index (χ0n) is 9.97. The first kappa shape index (κ1) is 11.0. The van der Waals surface area contributed by atoms with E-state index in [1.165, 1.54) is 12.8 Å². The number of rotatable bonds is 3. The monoisotopic (exact) mass is 233 g/mol. The second kappa shape index (κ2) is 3.96. The molecule has 1 aromatic rings. The van der Waals surface area contributed by atoms with Crippen molar-refractivity contribution < 1.29 is 5.11 Å². The third-order valence-corrected chi connectivity index (χ3v) is 3.89. The second-order valence-electron chi connectivity index (χ2n) is 5.43. The lowest BCUT2D eigenvalue weighted by Gasteiger charge is -2.24. The summed E-state index contributed by atoms with van der Waals surface area (Å²) in [6.45, 7) is 1.80. The van der Waals surface area contributed by atoms with E-state index in [1.807, 2.05) is 0 Å². The van der Waals surface area contributed by atoms with Crippen molar-refractivity contribution in [2.75, 3.05) is 18.8 Å². The normalized spacial score (nSPS) is 29.7. The Bertz CT molecular complexity index is 419. The van der Waals surface area contributed by atoms with Crippen LogP contribution < -0.4 is 5.73 Å². The molecule has 3 rings (SSSR count). The van der Waals surface area contributed by atoms with Gasteiger partial charge in [0.25, 0.3) is 0 Å². The Morgan fingerprint density at radius 2 is 2.35 bits per heavy atom. The quantitative estimate of drug-likeness (QED) is 0.811. The highest BCUT2D eigenvalue weighted by Gasteiger charge is 2.42. The summed E-state index contributed by atoms with van der Waals surface area (Å²) >= 11 is 0. The molecule has 1 unspecified atom stereocenters. The summed E-state index contributed by atoms with van der Waals surface area (Å²) in [5.41, 5.74) is 6.99. The van der Waals surface area contributed by atoms with Crippen molar-refractivity contribution in [3.05, 3.63) is 24.0 Å². The fraction of sp³-hybridized carbons (Fsp3) is 0.615. The van der Waals surface area contributed by atoms with Crippen LogP contribution in [0.3, 0.4) is 0 Å². The molecule has 3 N–H and O–H groups in total. The molecule has 1 saturated carbocycles. The molecule has 1 atom stereocenters. The highest BCUT2D eigenvalue weighted by atomic mass is 16.3. The third-order valence-electron chi connectivity index (χ3n) is 3.89. The second-order valence-corrected chi connectivity index (χ2v) is 5.43. The van der Waals surface area contributed by atoms with Gasteiger partial charge in [0, 0.05) is 43.6 Å². The van der Waals surface area contributed by atoms with Gasteiger partial charge in [-0.15, -0.1) is 0 Å². The number of nitrogen functional groups attached to an aromatic ring is 1. The van der Waals surface area contributed by atoms with Crippen LogP contribution in [0, 0.1) is 0 Å². The van der Waals surface area contributed by atoms with Gasteiger partial charge in [0.05, 0.1) is 5.60 Å². The lowest BCUT2D eigenvalue weighted by atomic mass is 9.94. The van der Waals surface area contributed by atoms with Gasteiger partial charge in [0.1, 0.15) is 0 Å². The van der Waals surface area contributed by atoms with Crippen molar-refractivity contribution in [3.8, 4) is 0 Å². The maximum atomic E-state index is 10.6. The number of hydrogen-bond donors (Lipinski definition) is 2. The minimum atomic E-state index is -0.611. The molecule has 4 nitrogen and oxygen atoms in total. The predicted octanol–water partition coefficient (Wildman–Crippen LogP) is 0.805. The molecule has 0 radical (unpaired) electrons. The van der Waals surface area contributed by atoms with Crippen LogP contribution in [0.25, 0.3) is 0 Å².